The lowest BCUT2D eigenvalue weighted by molar-refractivity contribution is -0.116. The van der Waals surface area contributed by atoms with Gasteiger partial charge in [0.2, 0.25) is 11.1 Å². The Bertz CT molecular complexity index is 1270. The van der Waals surface area contributed by atoms with E-state index in [1.807, 2.05) is 44.2 Å². The van der Waals surface area contributed by atoms with Gasteiger partial charge in [-0.2, -0.15) is 0 Å². The summed E-state index contributed by atoms with van der Waals surface area (Å²) in [6.45, 7) is 8.94. The van der Waals surface area contributed by atoms with Crippen LogP contribution in [0.4, 0.5) is 5.13 Å². The number of amides is 1. The molecule has 0 aliphatic heterocycles. The number of thioether (sulfide) groups is 1. The molecule has 1 amide bonds. The summed E-state index contributed by atoms with van der Waals surface area (Å²) in [5.41, 5.74) is 3.14. The maximum absolute atomic E-state index is 12.9. The summed E-state index contributed by atoms with van der Waals surface area (Å²) >= 11 is 2.75. The number of hydrogen-bond donors (Lipinski definition) is 1. The van der Waals surface area contributed by atoms with E-state index in [1.165, 1.54) is 27.8 Å². The number of ether oxygens (including phenoxy) is 1. The molecular formula is C24H28N6O2S2. The molecule has 2 N–H and O–H groups in total. The first-order valence-electron chi connectivity index (χ1n) is 11.1. The number of nitrogens with two attached hydrogens (primary N) is 1. The summed E-state index contributed by atoms with van der Waals surface area (Å²) in [7, 11) is 0. The molecule has 178 valence electrons. The largest absolute Gasteiger partial charge is 0.485 e. The molecular weight excluding hydrogens is 468 g/mol. The van der Waals surface area contributed by atoms with E-state index in [4.69, 9.17) is 10.6 Å². The topological polar surface area (TPSA) is 99.2 Å². The summed E-state index contributed by atoms with van der Waals surface area (Å²) in [6.07, 6.45) is 0. The Hall–Kier alpha value is -3.11. The highest BCUT2D eigenvalue weighted by atomic mass is 32.2. The monoisotopic (exact) mass is 496 g/mol. The minimum Gasteiger partial charge on any atom is -0.485 e. The zero-order valence-electron chi connectivity index (χ0n) is 19.7. The third-order valence-electron chi connectivity index (χ3n) is 5.34. The third-order valence-corrected chi connectivity index (χ3v) is 7.33. The second kappa shape index (κ2) is 10.4. The number of aryl methyl sites for hydroxylation is 1. The van der Waals surface area contributed by atoms with Gasteiger partial charge in [-0.15, -0.1) is 10.2 Å². The van der Waals surface area contributed by atoms with E-state index < -0.39 is 0 Å². The summed E-state index contributed by atoms with van der Waals surface area (Å²) in [5.74, 6) is 7.96. The normalized spacial score (nSPS) is 11.3. The van der Waals surface area contributed by atoms with Crippen molar-refractivity contribution in [3.8, 4) is 5.75 Å². The van der Waals surface area contributed by atoms with Crippen LogP contribution in [-0.4, -0.2) is 38.1 Å². The first-order chi connectivity index (χ1) is 16.4. The molecule has 4 aromatic rings. The number of carbonyl (C=O) groups excluding carboxylic acids is 1. The van der Waals surface area contributed by atoms with Crippen LogP contribution in [-0.2, 0) is 11.4 Å². The molecule has 2 aromatic carbocycles. The first-order valence-corrected chi connectivity index (χ1v) is 12.9. The molecule has 2 heterocycles. The van der Waals surface area contributed by atoms with Crippen LogP contribution in [0, 0.1) is 6.92 Å². The lowest BCUT2D eigenvalue weighted by Gasteiger charge is -2.17. The van der Waals surface area contributed by atoms with Crippen LogP contribution in [0.1, 0.15) is 43.6 Å². The van der Waals surface area contributed by atoms with Crippen LogP contribution in [0.2, 0.25) is 0 Å². The molecule has 8 nitrogen and oxygen atoms in total. The zero-order valence-corrected chi connectivity index (χ0v) is 21.3. The number of fused-ring (bicyclic) bond motifs is 1. The van der Waals surface area contributed by atoms with Crippen molar-refractivity contribution in [2.45, 2.75) is 45.4 Å². The molecule has 0 saturated carbocycles. The fraction of sp³-hybridized carbons (Fsp3) is 0.333. The number of carbonyl (C=O) groups is 1. The Morgan fingerprint density at radius 3 is 2.76 bits per heavy atom. The van der Waals surface area contributed by atoms with E-state index in [0.29, 0.717) is 28.6 Å². The van der Waals surface area contributed by atoms with Gasteiger partial charge in [-0.3, -0.25) is 9.69 Å². The Morgan fingerprint density at radius 1 is 1.24 bits per heavy atom. The Balaban J connectivity index is 1.40. The van der Waals surface area contributed by atoms with Crippen molar-refractivity contribution in [3.05, 3.63) is 59.4 Å². The number of thiazole rings is 1. The third kappa shape index (κ3) is 5.18. The highest BCUT2D eigenvalue weighted by molar-refractivity contribution is 7.99. The lowest BCUT2D eigenvalue weighted by Crippen LogP contribution is -2.32. The van der Waals surface area contributed by atoms with Gasteiger partial charge >= 0.3 is 0 Å². The molecule has 0 aliphatic carbocycles. The van der Waals surface area contributed by atoms with Crippen molar-refractivity contribution in [3.63, 3.8) is 0 Å². The summed E-state index contributed by atoms with van der Waals surface area (Å²) in [6, 6.07) is 14.0. The molecule has 0 atom stereocenters. The van der Waals surface area contributed by atoms with Crippen molar-refractivity contribution >= 4 is 44.4 Å². The number of benzene rings is 2. The molecule has 10 heteroatoms. The van der Waals surface area contributed by atoms with Crippen molar-refractivity contribution in [2.24, 2.45) is 0 Å². The average molecular weight is 497 g/mol. The Morgan fingerprint density at radius 2 is 2.03 bits per heavy atom. The van der Waals surface area contributed by atoms with Crippen LogP contribution >= 0.6 is 23.1 Å². The SMILES string of the molecule is CCN(C(=O)CSc1nnc(COc2cc(C)ccc2C(C)C)n1N)c1nc2ccccc2s1. The minimum atomic E-state index is -0.0614. The van der Waals surface area contributed by atoms with E-state index in [-0.39, 0.29) is 18.3 Å². The summed E-state index contributed by atoms with van der Waals surface area (Å²) in [4.78, 5) is 19.2. The maximum Gasteiger partial charge on any atom is 0.239 e. The second-order valence-electron chi connectivity index (χ2n) is 8.14. The van der Waals surface area contributed by atoms with E-state index in [9.17, 15) is 4.79 Å². The number of para-hydroxylation sites is 1. The summed E-state index contributed by atoms with van der Waals surface area (Å²) in [5, 5.41) is 9.47. The van der Waals surface area contributed by atoms with Crippen LogP contribution in [0.3, 0.4) is 0 Å². The van der Waals surface area contributed by atoms with Gasteiger partial charge < -0.3 is 10.6 Å². The minimum absolute atomic E-state index is 0.0614. The second-order valence-corrected chi connectivity index (χ2v) is 10.1. The molecule has 0 unspecified atom stereocenters. The van der Waals surface area contributed by atoms with Crippen molar-refractivity contribution in [1.29, 1.82) is 0 Å². The molecule has 2 aromatic heterocycles. The number of anilines is 1. The predicted octanol–water partition coefficient (Wildman–Crippen LogP) is 4.76. The fourth-order valence-corrected chi connectivity index (χ4v) is 5.29. The van der Waals surface area contributed by atoms with Gasteiger partial charge in [-0.25, -0.2) is 9.66 Å². The quantitative estimate of drug-likeness (QED) is 0.263. The van der Waals surface area contributed by atoms with Gasteiger partial charge in [0, 0.05) is 6.54 Å². The van der Waals surface area contributed by atoms with Gasteiger partial charge in [-0.1, -0.05) is 61.2 Å². The van der Waals surface area contributed by atoms with E-state index in [2.05, 4.69) is 41.2 Å². The molecule has 0 fully saturated rings. The molecule has 0 aliphatic rings. The number of nitrogen functional groups attached to an aromatic ring is 1. The zero-order chi connectivity index (χ0) is 24.2. The molecule has 0 saturated heterocycles. The highest BCUT2D eigenvalue weighted by Gasteiger charge is 2.20. The van der Waals surface area contributed by atoms with Crippen molar-refractivity contribution in [2.75, 3.05) is 23.0 Å². The van der Waals surface area contributed by atoms with E-state index in [0.717, 1.165) is 27.1 Å². The maximum atomic E-state index is 12.9. The molecule has 0 bridgehead atoms. The van der Waals surface area contributed by atoms with Gasteiger partial charge in [-0.05, 0) is 49.1 Å². The first kappa shape index (κ1) is 24.0. The Labute approximate surface area is 207 Å². The van der Waals surface area contributed by atoms with E-state index in [1.54, 1.807) is 4.90 Å². The van der Waals surface area contributed by atoms with Gasteiger partial charge in [0.15, 0.2) is 11.0 Å². The van der Waals surface area contributed by atoms with Crippen LogP contribution in [0.25, 0.3) is 10.2 Å². The predicted molar refractivity (Wildman–Crippen MR) is 138 cm³/mol. The Kier molecular flexibility index (Phi) is 7.38. The number of nitrogens with zero attached hydrogens (tertiary/aromatic N) is 5. The fourth-order valence-electron chi connectivity index (χ4n) is 3.49. The van der Waals surface area contributed by atoms with E-state index >= 15 is 0 Å². The van der Waals surface area contributed by atoms with Gasteiger partial charge in [0.25, 0.3) is 0 Å². The molecule has 34 heavy (non-hydrogen) atoms. The smallest absolute Gasteiger partial charge is 0.239 e. The molecule has 0 radical (unpaired) electrons. The van der Waals surface area contributed by atoms with Crippen LogP contribution in [0.5, 0.6) is 5.75 Å². The number of hydrogen-bond acceptors (Lipinski definition) is 8. The number of aromatic nitrogens is 4. The molecule has 4 rings (SSSR count). The number of rotatable bonds is 9. The lowest BCUT2D eigenvalue weighted by atomic mass is 10.0. The highest BCUT2D eigenvalue weighted by Crippen LogP contribution is 2.30. The van der Waals surface area contributed by atoms with Crippen LogP contribution < -0.4 is 15.5 Å². The van der Waals surface area contributed by atoms with Crippen LogP contribution in [0.15, 0.2) is 47.6 Å². The van der Waals surface area contributed by atoms with Gasteiger partial charge in [0.1, 0.15) is 12.4 Å². The average Bonchev–Trinajstić information content (AvgIpc) is 3.39. The van der Waals surface area contributed by atoms with Crippen molar-refractivity contribution < 1.29 is 9.53 Å². The standard InChI is InChI=1S/C24H28N6O2S2/c1-5-29(23-26-18-8-6-7-9-20(18)34-23)22(31)14-33-24-28-27-21(30(24)25)13-32-19-12-16(4)10-11-17(19)15(2)3/h6-12,15H,5,13-14,25H2,1-4H3. The van der Waals surface area contributed by atoms with Crippen molar-refractivity contribution in [1.82, 2.24) is 19.9 Å². The molecule has 0 spiro atoms. The summed E-state index contributed by atoms with van der Waals surface area (Å²) < 4.78 is 8.47. The van der Waals surface area contributed by atoms with Gasteiger partial charge in [0.05, 0.1) is 16.0 Å².